The molecule has 2 aromatic rings. The highest BCUT2D eigenvalue weighted by molar-refractivity contribution is 7.13. The summed E-state index contributed by atoms with van der Waals surface area (Å²) in [6.45, 7) is 0. The Bertz CT molecular complexity index is 569. The zero-order valence-corrected chi connectivity index (χ0v) is 12.8. The highest BCUT2D eigenvalue weighted by Gasteiger charge is 2.18. The van der Waals surface area contributed by atoms with Gasteiger partial charge in [0.1, 0.15) is 5.69 Å². The SMILES string of the molecule is O=C(NC1CCCCCCC1)c1csc(-c2ccco2)n1. The van der Waals surface area contributed by atoms with Crippen molar-refractivity contribution in [2.45, 2.75) is 51.0 Å². The third-order valence-electron chi connectivity index (χ3n) is 3.91. The third kappa shape index (κ3) is 3.73. The highest BCUT2D eigenvalue weighted by atomic mass is 32.1. The molecular weight excluding hydrogens is 284 g/mol. The van der Waals surface area contributed by atoms with Crippen LogP contribution in [0.5, 0.6) is 0 Å². The number of furan rings is 1. The average Bonchev–Trinajstić information content (AvgIpc) is 3.10. The summed E-state index contributed by atoms with van der Waals surface area (Å²) in [5.74, 6) is 0.652. The number of carbonyl (C=O) groups is 1. The van der Waals surface area contributed by atoms with Gasteiger partial charge in [-0.15, -0.1) is 11.3 Å². The molecular formula is C16H20N2O2S. The lowest BCUT2D eigenvalue weighted by Crippen LogP contribution is -2.35. The van der Waals surface area contributed by atoms with Gasteiger partial charge >= 0.3 is 0 Å². The molecule has 0 atom stereocenters. The van der Waals surface area contributed by atoms with E-state index < -0.39 is 0 Å². The van der Waals surface area contributed by atoms with Crippen molar-refractivity contribution in [1.29, 1.82) is 0 Å². The van der Waals surface area contributed by atoms with E-state index in [1.54, 1.807) is 11.6 Å². The summed E-state index contributed by atoms with van der Waals surface area (Å²) in [5.41, 5.74) is 0.494. The maximum absolute atomic E-state index is 12.3. The van der Waals surface area contributed by atoms with Crippen LogP contribution in [0.15, 0.2) is 28.2 Å². The number of carbonyl (C=O) groups excluding carboxylic acids is 1. The topological polar surface area (TPSA) is 55.1 Å². The molecule has 0 bridgehead atoms. The van der Waals surface area contributed by atoms with Gasteiger partial charge in [0.2, 0.25) is 0 Å². The maximum Gasteiger partial charge on any atom is 0.270 e. The Balaban J connectivity index is 1.62. The van der Waals surface area contributed by atoms with Gasteiger partial charge < -0.3 is 9.73 Å². The third-order valence-corrected chi connectivity index (χ3v) is 4.77. The summed E-state index contributed by atoms with van der Waals surface area (Å²) < 4.78 is 5.31. The summed E-state index contributed by atoms with van der Waals surface area (Å²) in [4.78, 5) is 16.7. The quantitative estimate of drug-likeness (QED) is 0.922. The molecule has 1 aliphatic rings. The van der Waals surface area contributed by atoms with Crippen LogP contribution in [0.4, 0.5) is 0 Å². The van der Waals surface area contributed by atoms with Gasteiger partial charge in [0, 0.05) is 11.4 Å². The molecule has 3 rings (SSSR count). The number of hydrogen-bond acceptors (Lipinski definition) is 4. The lowest BCUT2D eigenvalue weighted by molar-refractivity contribution is 0.0926. The van der Waals surface area contributed by atoms with Crippen LogP contribution in [0.1, 0.15) is 55.4 Å². The van der Waals surface area contributed by atoms with Gasteiger partial charge in [-0.3, -0.25) is 4.79 Å². The van der Waals surface area contributed by atoms with Crippen LogP contribution in [0.25, 0.3) is 10.8 Å². The van der Waals surface area contributed by atoms with E-state index in [1.807, 2.05) is 12.1 Å². The van der Waals surface area contributed by atoms with Gasteiger partial charge in [0.05, 0.1) is 6.26 Å². The van der Waals surface area contributed by atoms with Crippen LogP contribution in [0.2, 0.25) is 0 Å². The average molecular weight is 304 g/mol. The molecule has 1 amide bonds. The van der Waals surface area contributed by atoms with Gasteiger partial charge in [0.25, 0.3) is 5.91 Å². The Morgan fingerprint density at radius 1 is 1.24 bits per heavy atom. The Hall–Kier alpha value is -1.62. The van der Waals surface area contributed by atoms with Crippen LogP contribution in [-0.4, -0.2) is 16.9 Å². The predicted octanol–water partition coefficient (Wildman–Crippen LogP) is 4.25. The van der Waals surface area contributed by atoms with Gasteiger partial charge in [0.15, 0.2) is 10.8 Å². The predicted molar refractivity (Wildman–Crippen MR) is 83.4 cm³/mol. The Morgan fingerprint density at radius 2 is 2.00 bits per heavy atom. The van der Waals surface area contributed by atoms with E-state index in [9.17, 15) is 4.79 Å². The molecule has 5 heteroatoms. The van der Waals surface area contributed by atoms with E-state index in [0.29, 0.717) is 17.5 Å². The summed E-state index contributed by atoms with van der Waals surface area (Å²) in [6, 6.07) is 3.98. The van der Waals surface area contributed by atoms with Crippen molar-refractivity contribution in [2.24, 2.45) is 0 Å². The van der Waals surface area contributed by atoms with E-state index >= 15 is 0 Å². The molecule has 4 nitrogen and oxygen atoms in total. The monoisotopic (exact) mass is 304 g/mol. The molecule has 2 heterocycles. The first-order valence-electron chi connectivity index (χ1n) is 7.63. The van der Waals surface area contributed by atoms with E-state index in [4.69, 9.17) is 4.42 Å². The molecule has 0 aromatic carbocycles. The molecule has 2 aromatic heterocycles. The summed E-state index contributed by atoms with van der Waals surface area (Å²) in [7, 11) is 0. The molecule has 1 fully saturated rings. The fourth-order valence-electron chi connectivity index (χ4n) is 2.75. The number of thiazole rings is 1. The summed E-state index contributed by atoms with van der Waals surface area (Å²) in [5, 5.41) is 5.69. The van der Waals surface area contributed by atoms with Crippen molar-refractivity contribution >= 4 is 17.2 Å². The van der Waals surface area contributed by atoms with Crippen LogP contribution in [0.3, 0.4) is 0 Å². The molecule has 0 saturated heterocycles. The minimum absolute atomic E-state index is 0.0605. The molecule has 1 N–H and O–H groups in total. The molecule has 0 unspecified atom stereocenters. The molecule has 0 spiro atoms. The first-order valence-corrected chi connectivity index (χ1v) is 8.51. The molecule has 112 valence electrons. The minimum atomic E-state index is -0.0605. The van der Waals surface area contributed by atoms with Crippen molar-refractivity contribution in [1.82, 2.24) is 10.3 Å². The number of amides is 1. The van der Waals surface area contributed by atoms with Gasteiger partial charge in [-0.05, 0) is 25.0 Å². The van der Waals surface area contributed by atoms with Crippen LogP contribution >= 0.6 is 11.3 Å². The second-order valence-corrected chi connectivity index (χ2v) is 6.39. The van der Waals surface area contributed by atoms with Crippen molar-refractivity contribution in [3.8, 4) is 10.8 Å². The fourth-order valence-corrected chi connectivity index (χ4v) is 3.52. The van der Waals surface area contributed by atoms with E-state index in [2.05, 4.69) is 10.3 Å². The number of rotatable bonds is 3. The Labute approximate surface area is 128 Å². The first-order chi connectivity index (χ1) is 10.3. The van der Waals surface area contributed by atoms with Crippen LogP contribution in [-0.2, 0) is 0 Å². The number of hydrogen-bond donors (Lipinski definition) is 1. The van der Waals surface area contributed by atoms with Crippen molar-refractivity contribution in [3.63, 3.8) is 0 Å². The van der Waals surface area contributed by atoms with E-state index in [0.717, 1.165) is 17.8 Å². The minimum Gasteiger partial charge on any atom is -0.462 e. The van der Waals surface area contributed by atoms with Gasteiger partial charge in [-0.1, -0.05) is 32.1 Å². The highest BCUT2D eigenvalue weighted by Crippen LogP contribution is 2.24. The maximum atomic E-state index is 12.3. The van der Waals surface area contributed by atoms with Gasteiger partial charge in [-0.2, -0.15) is 0 Å². The standard InChI is InChI=1S/C16H20N2O2S/c19-15(17-12-7-4-2-1-3-5-8-12)13-11-21-16(18-13)14-9-6-10-20-14/h6,9-12H,1-5,7-8H2,(H,17,19). The molecule has 1 saturated carbocycles. The second-order valence-electron chi connectivity index (χ2n) is 5.53. The fraction of sp³-hybridized carbons (Fsp3) is 0.500. The summed E-state index contributed by atoms with van der Waals surface area (Å²) in [6.07, 6.45) is 10.1. The number of nitrogens with zero attached hydrogens (tertiary/aromatic N) is 1. The van der Waals surface area contributed by atoms with Crippen molar-refractivity contribution in [2.75, 3.05) is 0 Å². The van der Waals surface area contributed by atoms with Crippen molar-refractivity contribution in [3.05, 3.63) is 29.5 Å². The molecule has 0 aliphatic heterocycles. The van der Waals surface area contributed by atoms with Crippen LogP contribution < -0.4 is 5.32 Å². The molecule has 21 heavy (non-hydrogen) atoms. The lowest BCUT2D eigenvalue weighted by atomic mass is 9.97. The van der Waals surface area contributed by atoms with E-state index in [-0.39, 0.29) is 5.91 Å². The Morgan fingerprint density at radius 3 is 2.71 bits per heavy atom. The van der Waals surface area contributed by atoms with Crippen molar-refractivity contribution < 1.29 is 9.21 Å². The summed E-state index contributed by atoms with van der Waals surface area (Å²) >= 11 is 1.44. The molecule has 0 radical (unpaired) electrons. The van der Waals surface area contributed by atoms with E-state index in [1.165, 1.54) is 43.4 Å². The molecule has 1 aliphatic carbocycles. The largest absolute Gasteiger partial charge is 0.462 e. The first kappa shape index (κ1) is 14.3. The van der Waals surface area contributed by atoms with Gasteiger partial charge in [-0.25, -0.2) is 4.98 Å². The normalized spacial score (nSPS) is 17.1. The van der Waals surface area contributed by atoms with Crippen LogP contribution in [0, 0.1) is 0 Å². The number of aromatic nitrogens is 1. The number of nitrogens with one attached hydrogen (secondary N) is 1. The second kappa shape index (κ2) is 6.89. The Kier molecular flexibility index (Phi) is 4.70. The smallest absolute Gasteiger partial charge is 0.270 e. The zero-order valence-electron chi connectivity index (χ0n) is 12.0. The zero-order chi connectivity index (χ0) is 14.5. The lowest BCUT2D eigenvalue weighted by Gasteiger charge is -2.20.